The molecule has 0 aromatic heterocycles. The van der Waals surface area contributed by atoms with Gasteiger partial charge in [0.25, 0.3) is 0 Å². The molecule has 0 amide bonds. The standard InChI is InChI=1S/C12H22/c1-6-11(4)7-8-12(5)9-10(2)3/h11H,2,5-9H2,1,3-4H3. The van der Waals surface area contributed by atoms with Gasteiger partial charge in [-0.3, -0.25) is 0 Å². The van der Waals surface area contributed by atoms with E-state index in [1.165, 1.54) is 30.4 Å². The van der Waals surface area contributed by atoms with Crippen LogP contribution < -0.4 is 0 Å². The van der Waals surface area contributed by atoms with Gasteiger partial charge in [0, 0.05) is 0 Å². The Morgan fingerprint density at radius 3 is 2.33 bits per heavy atom. The van der Waals surface area contributed by atoms with Crippen LogP contribution in [0, 0.1) is 5.92 Å². The normalized spacial score (nSPS) is 12.6. The Morgan fingerprint density at radius 2 is 1.92 bits per heavy atom. The van der Waals surface area contributed by atoms with E-state index in [1.807, 2.05) is 0 Å². The van der Waals surface area contributed by atoms with E-state index in [-0.39, 0.29) is 0 Å². The van der Waals surface area contributed by atoms with Crippen LogP contribution in [0.3, 0.4) is 0 Å². The summed E-state index contributed by atoms with van der Waals surface area (Å²) in [5.74, 6) is 0.840. The molecule has 1 unspecified atom stereocenters. The summed E-state index contributed by atoms with van der Waals surface area (Å²) in [7, 11) is 0. The van der Waals surface area contributed by atoms with E-state index in [1.54, 1.807) is 0 Å². The predicted molar refractivity (Wildman–Crippen MR) is 57.3 cm³/mol. The fourth-order valence-corrected chi connectivity index (χ4v) is 1.17. The molecule has 0 saturated carbocycles. The zero-order valence-electron chi connectivity index (χ0n) is 8.82. The van der Waals surface area contributed by atoms with Gasteiger partial charge in [-0.15, -0.1) is 0 Å². The Morgan fingerprint density at radius 1 is 1.33 bits per heavy atom. The molecule has 0 aliphatic carbocycles. The van der Waals surface area contributed by atoms with Crippen molar-refractivity contribution in [3.05, 3.63) is 24.3 Å². The first-order valence-corrected chi connectivity index (χ1v) is 4.87. The number of allylic oxidation sites excluding steroid dienone is 2. The maximum atomic E-state index is 4.04. The third kappa shape index (κ3) is 6.21. The summed E-state index contributed by atoms with van der Waals surface area (Å²) in [4.78, 5) is 0. The lowest BCUT2D eigenvalue weighted by atomic mass is 9.97. The van der Waals surface area contributed by atoms with E-state index in [9.17, 15) is 0 Å². The van der Waals surface area contributed by atoms with Crippen molar-refractivity contribution in [2.75, 3.05) is 0 Å². The van der Waals surface area contributed by atoms with Gasteiger partial charge in [-0.1, -0.05) is 44.6 Å². The smallest absolute Gasteiger partial charge is 0.0117 e. The topological polar surface area (TPSA) is 0 Å². The van der Waals surface area contributed by atoms with Gasteiger partial charge in [0.1, 0.15) is 0 Å². The monoisotopic (exact) mass is 166 g/mol. The highest BCUT2D eigenvalue weighted by atomic mass is 14.1. The summed E-state index contributed by atoms with van der Waals surface area (Å²) in [5.41, 5.74) is 2.56. The Labute approximate surface area is 77.4 Å². The quantitative estimate of drug-likeness (QED) is 0.515. The Kier molecular flexibility index (Phi) is 5.79. The van der Waals surface area contributed by atoms with Crippen LogP contribution >= 0.6 is 0 Å². The Bertz CT molecular complexity index is 153. The molecule has 0 spiro atoms. The minimum absolute atomic E-state index is 0.840. The molecule has 0 heterocycles. The van der Waals surface area contributed by atoms with Crippen LogP contribution in [0.1, 0.15) is 46.5 Å². The molecule has 0 bridgehead atoms. The van der Waals surface area contributed by atoms with E-state index >= 15 is 0 Å². The van der Waals surface area contributed by atoms with Crippen LogP contribution in [-0.2, 0) is 0 Å². The van der Waals surface area contributed by atoms with Crippen molar-refractivity contribution in [1.29, 1.82) is 0 Å². The molecule has 0 aliphatic heterocycles. The predicted octanol–water partition coefficient (Wildman–Crippen LogP) is 4.34. The average Bonchev–Trinajstić information content (AvgIpc) is 1.99. The van der Waals surface area contributed by atoms with Gasteiger partial charge >= 0.3 is 0 Å². The molecule has 0 aliphatic rings. The second-order valence-corrected chi connectivity index (χ2v) is 3.94. The minimum Gasteiger partial charge on any atom is -0.0998 e. The lowest BCUT2D eigenvalue weighted by Gasteiger charge is -2.09. The van der Waals surface area contributed by atoms with Gasteiger partial charge in [0.2, 0.25) is 0 Å². The fourth-order valence-electron chi connectivity index (χ4n) is 1.17. The van der Waals surface area contributed by atoms with Gasteiger partial charge in [-0.25, -0.2) is 0 Å². The Balaban J connectivity index is 3.50. The highest BCUT2D eigenvalue weighted by molar-refractivity contribution is 5.06. The fraction of sp³-hybridized carbons (Fsp3) is 0.667. The minimum atomic E-state index is 0.840. The molecule has 12 heavy (non-hydrogen) atoms. The van der Waals surface area contributed by atoms with E-state index < -0.39 is 0 Å². The van der Waals surface area contributed by atoms with Crippen LogP contribution in [0.15, 0.2) is 24.3 Å². The maximum absolute atomic E-state index is 4.04. The average molecular weight is 166 g/mol. The zero-order chi connectivity index (χ0) is 9.56. The van der Waals surface area contributed by atoms with Crippen LogP contribution in [0.2, 0.25) is 0 Å². The summed E-state index contributed by atoms with van der Waals surface area (Å²) in [6.45, 7) is 14.5. The van der Waals surface area contributed by atoms with Crippen molar-refractivity contribution in [2.24, 2.45) is 5.92 Å². The molecule has 70 valence electrons. The third-order valence-corrected chi connectivity index (χ3v) is 2.24. The van der Waals surface area contributed by atoms with Crippen molar-refractivity contribution < 1.29 is 0 Å². The highest BCUT2D eigenvalue weighted by Gasteiger charge is 2.00. The molecule has 0 rings (SSSR count). The maximum Gasteiger partial charge on any atom is -0.0117 e. The highest BCUT2D eigenvalue weighted by Crippen LogP contribution is 2.17. The van der Waals surface area contributed by atoms with Gasteiger partial charge in [0.05, 0.1) is 0 Å². The first-order chi connectivity index (χ1) is 5.56. The van der Waals surface area contributed by atoms with Crippen LogP contribution in [0.25, 0.3) is 0 Å². The second-order valence-electron chi connectivity index (χ2n) is 3.94. The number of hydrogen-bond acceptors (Lipinski definition) is 0. The third-order valence-electron chi connectivity index (χ3n) is 2.24. The van der Waals surface area contributed by atoms with Crippen LogP contribution in [0.5, 0.6) is 0 Å². The van der Waals surface area contributed by atoms with E-state index in [4.69, 9.17) is 0 Å². The van der Waals surface area contributed by atoms with Crippen molar-refractivity contribution in [3.8, 4) is 0 Å². The first-order valence-electron chi connectivity index (χ1n) is 4.87. The molecule has 0 nitrogen and oxygen atoms in total. The van der Waals surface area contributed by atoms with E-state index in [0.717, 1.165) is 12.3 Å². The summed E-state index contributed by atoms with van der Waals surface area (Å²) < 4.78 is 0. The van der Waals surface area contributed by atoms with Gasteiger partial charge < -0.3 is 0 Å². The van der Waals surface area contributed by atoms with Gasteiger partial charge in [0.15, 0.2) is 0 Å². The van der Waals surface area contributed by atoms with Crippen LogP contribution in [0.4, 0.5) is 0 Å². The summed E-state index contributed by atoms with van der Waals surface area (Å²) in [6, 6.07) is 0. The second kappa shape index (κ2) is 6.05. The number of rotatable bonds is 6. The summed E-state index contributed by atoms with van der Waals surface area (Å²) in [6.07, 6.45) is 4.74. The van der Waals surface area contributed by atoms with Gasteiger partial charge in [-0.05, 0) is 32.1 Å². The van der Waals surface area contributed by atoms with Crippen molar-refractivity contribution in [2.45, 2.75) is 46.5 Å². The molecule has 0 aromatic rings. The molecule has 1 atom stereocenters. The van der Waals surface area contributed by atoms with Crippen molar-refractivity contribution in [1.82, 2.24) is 0 Å². The lowest BCUT2D eigenvalue weighted by molar-refractivity contribution is 0.513. The Hall–Kier alpha value is -0.520. The molecule has 0 radical (unpaired) electrons. The van der Waals surface area contributed by atoms with E-state index in [0.29, 0.717) is 0 Å². The lowest BCUT2D eigenvalue weighted by Crippen LogP contribution is -1.93. The molecule has 0 heteroatoms. The molecular weight excluding hydrogens is 144 g/mol. The van der Waals surface area contributed by atoms with Gasteiger partial charge in [-0.2, -0.15) is 0 Å². The van der Waals surface area contributed by atoms with E-state index in [2.05, 4.69) is 33.9 Å². The molecule has 0 fully saturated rings. The molecular formula is C12H22. The summed E-state index contributed by atoms with van der Waals surface area (Å²) >= 11 is 0. The largest absolute Gasteiger partial charge is 0.0998 e. The van der Waals surface area contributed by atoms with Crippen molar-refractivity contribution in [3.63, 3.8) is 0 Å². The van der Waals surface area contributed by atoms with Crippen LogP contribution in [-0.4, -0.2) is 0 Å². The SMILES string of the molecule is C=C(C)CC(=C)CCC(C)CC. The summed E-state index contributed by atoms with van der Waals surface area (Å²) in [5, 5.41) is 0. The molecule has 0 saturated heterocycles. The molecule has 0 aromatic carbocycles. The first kappa shape index (κ1) is 11.5. The number of hydrogen-bond donors (Lipinski definition) is 0. The van der Waals surface area contributed by atoms with Crippen molar-refractivity contribution >= 4 is 0 Å². The molecule has 0 N–H and O–H groups in total. The zero-order valence-corrected chi connectivity index (χ0v) is 8.82.